The molecule has 2 aliphatic rings. The normalized spacial score (nSPS) is 16.0. The lowest BCUT2D eigenvalue weighted by atomic mass is 10.1. The van der Waals surface area contributed by atoms with E-state index in [0.717, 1.165) is 0 Å². The van der Waals surface area contributed by atoms with Crippen LogP contribution in [0.25, 0.3) is 22.1 Å². The van der Waals surface area contributed by atoms with E-state index in [0.29, 0.717) is 35.2 Å². The highest BCUT2D eigenvalue weighted by Gasteiger charge is 2.37. The summed E-state index contributed by atoms with van der Waals surface area (Å²) in [4.78, 5) is 108. The zero-order valence-corrected chi connectivity index (χ0v) is 35.0. The van der Waals surface area contributed by atoms with E-state index in [4.69, 9.17) is 0 Å². The second-order valence-corrected chi connectivity index (χ2v) is 14.5. The molecule has 0 bridgehead atoms. The Morgan fingerprint density at radius 3 is 1.52 bits per heavy atom. The highest BCUT2D eigenvalue weighted by atomic mass is 16.6. The van der Waals surface area contributed by atoms with Crippen molar-refractivity contribution in [1.29, 1.82) is 0 Å². The van der Waals surface area contributed by atoms with E-state index >= 15 is 0 Å². The van der Waals surface area contributed by atoms with Crippen molar-refractivity contribution in [3.05, 3.63) is 130 Å². The number of Topliss-reactive ketones (excluding diaryl/α,β-unsaturated/α-hetero) is 2. The van der Waals surface area contributed by atoms with Crippen molar-refractivity contribution in [2.75, 3.05) is 44.7 Å². The summed E-state index contributed by atoms with van der Waals surface area (Å²) in [6.07, 6.45) is 5.42. The maximum absolute atomic E-state index is 13.0. The molecular weight excluding hydrogens is 813 g/mol. The summed E-state index contributed by atoms with van der Waals surface area (Å²) >= 11 is 0. The smallest absolute Gasteiger partial charge is 0.295 e. The van der Waals surface area contributed by atoms with Gasteiger partial charge in [-0.3, -0.25) is 49.6 Å². The van der Waals surface area contributed by atoms with E-state index in [1.54, 1.807) is 65.3 Å². The SMILES string of the molecule is CC.C[C@@H]1CN(C(=O)c2ccccc2)CCN1C(=O)C(=O)c1c[nH]c2nccc(NO)c12.C[C@@H]1CN(C(=O)c2ccccc2)CCN1C(=O)C(=O)c1c[nH]c2nccc([N+](=O)[O-])c12. The monoisotopic (exact) mass is 858 g/mol. The Morgan fingerprint density at radius 1 is 0.667 bits per heavy atom. The van der Waals surface area contributed by atoms with Crippen LogP contribution in [0.3, 0.4) is 0 Å². The number of rotatable bonds is 8. The van der Waals surface area contributed by atoms with Gasteiger partial charge in [-0.2, -0.15) is 0 Å². The third-order valence-corrected chi connectivity index (χ3v) is 10.7. The van der Waals surface area contributed by atoms with Crippen LogP contribution in [0, 0.1) is 10.1 Å². The minimum atomic E-state index is -0.850. The Hall–Kier alpha value is -7.80. The summed E-state index contributed by atoms with van der Waals surface area (Å²) < 4.78 is 0. The molecule has 8 rings (SSSR count). The molecule has 0 aliphatic carbocycles. The van der Waals surface area contributed by atoms with Crippen molar-refractivity contribution in [3.63, 3.8) is 0 Å². The Kier molecular flexibility index (Phi) is 14.0. The zero-order valence-electron chi connectivity index (χ0n) is 35.0. The first-order chi connectivity index (χ1) is 30.4. The number of aromatic amines is 2. The van der Waals surface area contributed by atoms with Gasteiger partial charge in [0.1, 0.15) is 16.7 Å². The van der Waals surface area contributed by atoms with Crippen LogP contribution in [0.4, 0.5) is 11.4 Å². The van der Waals surface area contributed by atoms with Crippen LogP contribution in [-0.4, -0.2) is 136 Å². The lowest BCUT2D eigenvalue weighted by Crippen LogP contribution is -2.56. The molecule has 326 valence electrons. The third kappa shape index (κ3) is 9.27. The number of H-pyrrole nitrogens is 2. The number of carbonyl (C=O) groups excluding carboxylic acids is 6. The standard InChI is InChI=1S/C21H19N5O5.C21H21N5O4.C2H6/c1-13-12-24(20(28)14-5-3-2-4-6-14)9-10-25(13)21(29)18(27)15-11-23-19-17(15)16(26(30)31)7-8-22-19;1-13-12-25(20(28)14-5-3-2-4-6-14)9-10-26(13)21(29)18(27)15-11-23-19-17(15)16(24-30)7-8-22-19;1-2/h2-8,11,13H,9-10,12H2,1H3,(H,22,23);2-8,11,13,30H,9-10,12H2,1H3,(H2,22,23,24);1-2H3/t2*13-;/m11./s1. The number of nitrogens with one attached hydrogen (secondary N) is 3. The van der Waals surface area contributed by atoms with E-state index in [1.807, 2.05) is 38.4 Å². The van der Waals surface area contributed by atoms with Gasteiger partial charge >= 0.3 is 0 Å². The highest BCUT2D eigenvalue weighted by molar-refractivity contribution is 6.46. The molecule has 2 aliphatic heterocycles. The Bertz CT molecular complexity index is 2670. The minimum absolute atomic E-state index is 0.0106. The minimum Gasteiger partial charge on any atom is -0.345 e. The van der Waals surface area contributed by atoms with Gasteiger partial charge in [-0.25, -0.2) is 9.97 Å². The van der Waals surface area contributed by atoms with Crippen molar-refractivity contribution in [1.82, 2.24) is 39.5 Å². The molecular formula is C44H46N10O9. The fourth-order valence-corrected chi connectivity index (χ4v) is 7.60. The lowest BCUT2D eigenvalue weighted by Gasteiger charge is -2.39. The van der Waals surface area contributed by atoms with Gasteiger partial charge in [-0.1, -0.05) is 50.2 Å². The van der Waals surface area contributed by atoms with Crippen LogP contribution in [0.1, 0.15) is 69.1 Å². The van der Waals surface area contributed by atoms with Crippen LogP contribution >= 0.6 is 0 Å². The summed E-state index contributed by atoms with van der Waals surface area (Å²) in [7, 11) is 0. The molecule has 2 aromatic carbocycles. The van der Waals surface area contributed by atoms with Gasteiger partial charge in [-0.15, -0.1) is 0 Å². The molecule has 19 heteroatoms. The number of aromatic nitrogens is 4. The van der Waals surface area contributed by atoms with E-state index in [9.17, 15) is 44.1 Å². The predicted octanol–water partition coefficient (Wildman–Crippen LogP) is 4.97. The molecule has 0 unspecified atom stereocenters. The van der Waals surface area contributed by atoms with Gasteiger partial charge in [-0.05, 0) is 44.2 Å². The van der Waals surface area contributed by atoms with Crippen molar-refractivity contribution < 1.29 is 38.9 Å². The molecule has 4 amide bonds. The first-order valence-electron chi connectivity index (χ1n) is 20.3. The number of hydrogen-bond donors (Lipinski definition) is 4. The third-order valence-electron chi connectivity index (χ3n) is 10.7. The van der Waals surface area contributed by atoms with Crippen LogP contribution in [0.5, 0.6) is 0 Å². The van der Waals surface area contributed by atoms with Crippen molar-refractivity contribution in [3.8, 4) is 0 Å². The molecule has 2 atom stereocenters. The van der Waals surface area contributed by atoms with Crippen molar-refractivity contribution in [2.24, 2.45) is 0 Å². The fourth-order valence-electron chi connectivity index (χ4n) is 7.60. The number of nitro groups is 1. The highest BCUT2D eigenvalue weighted by Crippen LogP contribution is 2.29. The molecule has 2 fully saturated rings. The number of hydrogen-bond acceptors (Lipinski definition) is 12. The number of amides is 4. The molecule has 19 nitrogen and oxygen atoms in total. The molecule has 6 aromatic rings. The van der Waals surface area contributed by atoms with E-state index < -0.39 is 34.3 Å². The number of anilines is 1. The summed E-state index contributed by atoms with van der Waals surface area (Å²) in [5, 5.41) is 21.0. The number of carbonyl (C=O) groups is 6. The topological polar surface area (TPSA) is 248 Å². The Morgan fingerprint density at radius 2 is 1.10 bits per heavy atom. The first kappa shape index (κ1) is 44.7. The van der Waals surface area contributed by atoms with Crippen molar-refractivity contribution >= 4 is 68.6 Å². The van der Waals surface area contributed by atoms with E-state index in [-0.39, 0.29) is 77.6 Å². The first-order valence-corrected chi connectivity index (χ1v) is 20.3. The number of nitrogens with zero attached hydrogens (tertiary/aromatic N) is 7. The van der Waals surface area contributed by atoms with Crippen LogP contribution in [-0.2, 0) is 9.59 Å². The van der Waals surface area contributed by atoms with Gasteiger partial charge < -0.3 is 29.6 Å². The zero-order chi connectivity index (χ0) is 45.4. The van der Waals surface area contributed by atoms with Gasteiger partial charge in [0.25, 0.3) is 40.9 Å². The molecule has 4 N–H and O–H groups in total. The van der Waals surface area contributed by atoms with Crippen LogP contribution in [0.2, 0.25) is 0 Å². The average Bonchev–Trinajstić information content (AvgIpc) is 3.97. The van der Waals surface area contributed by atoms with Gasteiger partial charge in [0, 0.05) is 93.3 Å². The van der Waals surface area contributed by atoms with Gasteiger partial charge in [0.15, 0.2) is 0 Å². The summed E-state index contributed by atoms with van der Waals surface area (Å²) in [6, 6.07) is 19.8. The van der Waals surface area contributed by atoms with Crippen LogP contribution in [0.15, 0.2) is 97.6 Å². The van der Waals surface area contributed by atoms with Gasteiger partial charge in [0.05, 0.1) is 27.1 Å². The maximum Gasteiger partial charge on any atom is 0.295 e. The molecule has 2 saturated heterocycles. The average molecular weight is 859 g/mol. The van der Waals surface area contributed by atoms with Crippen LogP contribution < -0.4 is 5.48 Å². The lowest BCUT2D eigenvalue weighted by molar-refractivity contribution is -0.383. The Balaban J connectivity index is 0.000000202. The van der Waals surface area contributed by atoms with E-state index in [1.165, 1.54) is 46.7 Å². The second kappa shape index (κ2) is 19.7. The summed E-state index contributed by atoms with van der Waals surface area (Å²) in [6.45, 7) is 9.27. The van der Waals surface area contributed by atoms with Gasteiger partial charge in [0.2, 0.25) is 0 Å². The summed E-state index contributed by atoms with van der Waals surface area (Å²) in [5.41, 5.74) is 3.76. The van der Waals surface area contributed by atoms with E-state index in [2.05, 4.69) is 19.9 Å². The molecule has 6 heterocycles. The number of pyridine rings is 2. The number of benzene rings is 2. The molecule has 0 radical (unpaired) electrons. The predicted molar refractivity (Wildman–Crippen MR) is 231 cm³/mol. The second-order valence-electron chi connectivity index (χ2n) is 14.5. The fraction of sp³-hybridized carbons (Fsp3) is 0.273. The molecule has 63 heavy (non-hydrogen) atoms. The number of piperazine rings is 2. The molecule has 0 spiro atoms. The van der Waals surface area contributed by atoms with Crippen molar-refractivity contribution in [2.45, 2.75) is 39.8 Å². The quantitative estimate of drug-likeness (QED) is 0.0686. The Labute approximate surface area is 360 Å². The number of ketones is 2. The molecule has 4 aromatic heterocycles. The number of fused-ring (bicyclic) bond motifs is 2. The largest absolute Gasteiger partial charge is 0.345 e. The maximum atomic E-state index is 13.0. The summed E-state index contributed by atoms with van der Waals surface area (Å²) in [5.74, 6) is -3.19. The molecule has 0 saturated carbocycles.